The molecule has 0 saturated heterocycles. The molecule has 12 nitrogen and oxygen atoms in total. The molecule has 3 aliphatic carbocycles. The topological polar surface area (TPSA) is 196 Å². The number of fused-ring (bicyclic) bond motifs is 3. The molecule has 0 bridgehead atoms. The van der Waals surface area contributed by atoms with Gasteiger partial charge >= 0.3 is 0 Å². The highest BCUT2D eigenvalue weighted by Crippen LogP contribution is 2.54. The number of ketones is 2. The number of aromatic nitrogens is 1. The number of methoxy groups -OCH3 is 1. The number of nitrogens with one attached hydrogen (secondary N) is 1. The Kier molecular flexibility index (Phi) is 7.42. The van der Waals surface area contributed by atoms with Crippen molar-refractivity contribution in [2.75, 3.05) is 26.5 Å². The van der Waals surface area contributed by atoms with E-state index in [4.69, 9.17) is 10.5 Å². The maximum Gasteiger partial charge on any atom is 0.255 e. The Labute approximate surface area is 262 Å². The number of amides is 1. The average Bonchev–Trinajstić information content (AvgIpc) is 3.46. The fourth-order valence-corrected chi connectivity index (χ4v) is 7.78. The van der Waals surface area contributed by atoms with Crippen LogP contribution in [0.15, 0.2) is 64.4 Å². The molecular formula is C32H32N4O8S. The second kappa shape index (κ2) is 11.0. The Hall–Kier alpha value is -4.72. The first-order valence-corrected chi connectivity index (χ1v) is 15.1. The standard InChI is InChI=1S/C32H32N4O8S/c1-12-15-9-10-16(34-32-35-17(11-45-32)13-5-7-14(44-4)8-6-13)25(37)19(15)27(39)21-18(12)26(38)20-22(28(21)40)29(41)23(31(33)43)30(42)24(20)36(2)3/h5-12,18,20,22,24,26,37-38,40,42H,1-4H3,(H2,33,43)(H,34,35)/t12-,18?,20?,22?,24-,26-/m0/s1. The van der Waals surface area contributed by atoms with Crippen LogP contribution in [-0.4, -0.2) is 81.1 Å². The van der Waals surface area contributed by atoms with Crippen molar-refractivity contribution in [2.24, 2.45) is 23.5 Å². The van der Waals surface area contributed by atoms with Crippen molar-refractivity contribution in [3.05, 3.63) is 75.6 Å². The van der Waals surface area contributed by atoms with E-state index in [0.717, 1.165) is 5.56 Å². The number of aliphatic hydroxyl groups excluding tert-OH is 3. The van der Waals surface area contributed by atoms with E-state index in [2.05, 4.69) is 10.3 Å². The molecule has 0 saturated carbocycles. The number of benzene rings is 2. The summed E-state index contributed by atoms with van der Waals surface area (Å²) in [5, 5.41) is 51.0. The van der Waals surface area contributed by atoms with Crippen LogP contribution < -0.4 is 15.8 Å². The van der Waals surface area contributed by atoms with Gasteiger partial charge in [-0.15, -0.1) is 11.3 Å². The number of carbonyl (C=O) groups excluding carboxylic acids is 3. The van der Waals surface area contributed by atoms with Crippen LogP contribution in [0, 0.1) is 17.8 Å². The number of rotatable bonds is 6. The predicted octanol–water partition coefficient (Wildman–Crippen LogP) is 3.41. The lowest BCUT2D eigenvalue weighted by atomic mass is 9.57. The lowest BCUT2D eigenvalue weighted by molar-refractivity contribution is -0.131. The number of hydrogen-bond donors (Lipinski definition) is 6. The van der Waals surface area contributed by atoms with Crippen molar-refractivity contribution >= 4 is 39.6 Å². The summed E-state index contributed by atoms with van der Waals surface area (Å²) in [5.74, 6) is -7.92. The minimum atomic E-state index is -1.51. The van der Waals surface area contributed by atoms with Crippen LogP contribution in [0.25, 0.3) is 11.3 Å². The number of phenols is 1. The Bertz CT molecular complexity index is 1810. The molecule has 1 amide bonds. The minimum absolute atomic E-state index is 0.0798. The number of likely N-dealkylation sites (N-methyl/N-ethyl adjacent to an activating group) is 1. The minimum Gasteiger partial charge on any atom is -0.511 e. The van der Waals surface area contributed by atoms with Crippen molar-refractivity contribution in [3.8, 4) is 22.8 Å². The summed E-state index contributed by atoms with van der Waals surface area (Å²) in [4.78, 5) is 45.9. The molecule has 6 atom stereocenters. The zero-order valence-electron chi connectivity index (χ0n) is 24.8. The monoisotopic (exact) mass is 632 g/mol. The fourth-order valence-electron chi connectivity index (χ4n) is 7.05. The molecule has 6 rings (SSSR count). The first-order chi connectivity index (χ1) is 21.4. The summed E-state index contributed by atoms with van der Waals surface area (Å²) in [6, 6.07) is 9.62. The fraction of sp³-hybridized carbons (Fsp3) is 0.312. The van der Waals surface area contributed by atoms with Gasteiger partial charge in [0.2, 0.25) is 0 Å². The van der Waals surface area contributed by atoms with Gasteiger partial charge in [0.15, 0.2) is 22.4 Å². The molecule has 0 fully saturated rings. The van der Waals surface area contributed by atoms with Crippen molar-refractivity contribution in [3.63, 3.8) is 0 Å². The van der Waals surface area contributed by atoms with E-state index in [0.29, 0.717) is 22.1 Å². The third kappa shape index (κ3) is 4.57. The molecular weight excluding hydrogens is 600 g/mol. The lowest BCUT2D eigenvalue weighted by Crippen LogP contribution is -2.59. The quantitative estimate of drug-likeness (QED) is 0.172. The van der Waals surface area contributed by atoms with Crippen molar-refractivity contribution in [1.29, 1.82) is 0 Å². The molecule has 13 heteroatoms. The molecule has 0 radical (unpaired) electrons. The number of thiazole rings is 1. The molecule has 45 heavy (non-hydrogen) atoms. The number of carbonyl (C=O) groups is 3. The van der Waals surface area contributed by atoms with Crippen LogP contribution in [0.1, 0.15) is 28.8 Å². The highest BCUT2D eigenvalue weighted by molar-refractivity contribution is 7.14. The molecule has 0 aliphatic heterocycles. The zero-order valence-corrected chi connectivity index (χ0v) is 25.6. The largest absolute Gasteiger partial charge is 0.511 e. The highest BCUT2D eigenvalue weighted by atomic mass is 32.1. The number of anilines is 2. The van der Waals surface area contributed by atoms with Crippen molar-refractivity contribution in [2.45, 2.75) is 25.0 Å². The second-order valence-corrected chi connectivity index (χ2v) is 12.6. The molecule has 3 aromatic rings. The van der Waals surface area contributed by atoms with Gasteiger partial charge in [0.1, 0.15) is 22.8 Å². The Morgan fingerprint density at radius 2 is 1.76 bits per heavy atom. The number of nitrogens with two attached hydrogens (primary N) is 1. The Morgan fingerprint density at radius 3 is 2.38 bits per heavy atom. The summed E-state index contributed by atoms with van der Waals surface area (Å²) >= 11 is 1.30. The number of allylic oxidation sites excluding steroid dienone is 1. The van der Waals surface area contributed by atoms with E-state index in [9.17, 15) is 34.8 Å². The third-order valence-electron chi connectivity index (χ3n) is 9.13. The first kappa shape index (κ1) is 30.3. The zero-order chi connectivity index (χ0) is 32.5. The molecule has 1 aromatic heterocycles. The van der Waals surface area contributed by atoms with Gasteiger partial charge in [-0.1, -0.05) is 13.0 Å². The van der Waals surface area contributed by atoms with E-state index in [1.165, 1.54) is 16.2 Å². The SMILES string of the molecule is COc1ccc(-c2csc(Nc3ccc4c(c3O)C(=O)C3=C(O)C5C(=O)C(C(N)=O)=C(O)[C@@H](N(C)C)C5[C@@H](O)C3[C@H]4C)n2)cc1. The van der Waals surface area contributed by atoms with Gasteiger partial charge in [0, 0.05) is 28.4 Å². The number of ether oxygens (including phenoxy) is 1. The van der Waals surface area contributed by atoms with Crippen LogP contribution in [-0.2, 0) is 9.59 Å². The first-order valence-electron chi connectivity index (χ1n) is 14.2. The van der Waals surface area contributed by atoms with E-state index in [1.54, 1.807) is 40.3 Å². The second-order valence-electron chi connectivity index (χ2n) is 11.7. The number of nitrogens with zero attached hydrogens (tertiary/aromatic N) is 2. The van der Waals surface area contributed by atoms with Crippen molar-refractivity contribution < 1.29 is 39.5 Å². The van der Waals surface area contributed by atoms with Gasteiger partial charge in [0.05, 0.1) is 42.1 Å². The number of Topliss-reactive ketones (excluding diaryl/α,β-unsaturated/α-hetero) is 2. The third-order valence-corrected chi connectivity index (χ3v) is 9.88. The van der Waals surface area contributed by atoms with Crippen LogP contribution >= 0.6 is 11.3 Å². The number of primary amides is 1. The van der Waals surface area contributed by atoms with Crippen molar-refractivity contribution in [1.82, 2.24) is 9.88 Å². The van der Waals surface area contributed by atoms with E-state index >= 15 is 0 Å². The molecule has 3 aliphatic rings. The van der Waals surface area contributed by atoms with E-state index in [-0.39, 0.29) is 22.6 Å². The Morgan fingerprint density at radius 1 is 1.07 bits per heavy atom. The Balaban J connectivity index is 1.39. The molecule has 234 valence electrons. The number of hydrogen-bond acceptors (Lipinski definition) is 12. The van der Waals surface area contributed by atoms with Gasteiger partial charge in [-0.3, -0.25) is 19.3 Å². The van der Waals surface area contributed by atoms with Crippen LogP contribution in [0.4, 0.5) is 10.8 Å². The molecule has 7 N–H and O–H groups in total. The van der Waals surface area contributed by atoms with E-state index < -0.39 is 70.4 Å². The van der Waals surface area contributed by atoms with Gasteiger partial charge < -0.3 is 36.2 Å². The smallest absolute Gasteiger partial charge is 0.255 e. The van der Waals surface area contributed by atoms with Gasteiger partial charge in [-0.2, -0.15) is 0 Å². The predicted molar refractivity (Wildman–Crippen MR) is 166 cm³/mol. The number of aliphatic hydroxyl groups is 3. The average molecular weight is 633 g/mol. The van der Waals surface area contributed by atoms with Crippen LogP contribution in [0.5, 0.6) is 11.5 Å². The maximum absolute atomic E-state index is 14.1. The molecule has 2 aromatic carbocycles. The van der Waals surface area contributed by atoms with Gasteiger partial charge in [-0.25, -0.2) is 4.98 Å². The molecule has 1 heterocycles. The lowest BCUT2D eigenvalue weighted by Gasteiger charge is -2.50. The van der Waals surface area contributed by atoms with Gasteiger partial charge in [-0.05, 0) is 55.9 Å². The van der Waals surface area contributed by atoms with Gasteiger partial charge in [0.25, 0.3) is 5.91 Å². The number of aromatic hydroxyl groups is 1. The molecule has 0 spiro atoms. The number of phenolic OH excluding ortho intramolecular Hbond substituents is 1. The van der Waals surface area contributed by atoms with Crippen LogP contribution in [0.2, 0.25) is 0 Å². The summed E-state index contributed by atoms with van der Waals surface area (Å²) in [6.45, 7) is 1.75. The summed E-state index contributed by atoms with van der Waals surface area (Å²) < 4.78 is 5.21. The summed E-state index contributed by atoms with van der Waals surface area (Å²) in [5.41, 5.74) is 6.64. The van der Waals surface area contributed by atoms with Crippen LogP contribution in [0.3, 0.4) is 0 Å². The summed E-state index contributed by atoms with van der Waals surface area (Å²) in [6.07, 6.45) is -1.38. The summed E-state index contributed by atoms with van der Waals surface area (Å²) in [7, 11) is 4.77. The highest BCUT2D eigenvalue weighted by Gasteiger charge is 2.59. The maximum atomic E-state index is 14.1. The normalized spacial score (nSPS) is 26.0. The van der Waals surface area contributed by atoms with E-state index in [1.807, 2.05) is 29.6 Å². The molecule has 3 unspecified atom stereocenters.